The van der Waals surface area contributed by atoms with E-state index in [1.54, 1.807) is 0 Å². The summed E-state index contributed by atoms with van der Waals surface area (Å²) in [5.74, 6) is 0.845. The van der Waals surface area contributed by atoms with E-state index in [1.807, 2.05) is 6.92 Å². The lowest BCUT2D eigenvalue weighted by Crippen LogP contribution is -2.08. The number of unbranched alkanes of at least 4 members (excludes halogenated alkanes) is 18. The third-order valence-corrected chi connectivity index (χ3v) is 9.59. The molecule has 0 fully saturated rings. The number of hydrogen-bond acceptors (Lipinski definition) is 3. The van der Waals surface area contributed by atoms with Gasteiger partial charge in [0.05, 0.1) is 6.61 Å². The summed E-state index contributed by atoms with van der Waals surface area (Å²) < 4.78 is 11.8. The van der Waals surface area contributed by atoms with Crippen LogP contribution >= 0.6 is 0 Å². The van der Waals surface area contributed by atoms with E-state index < -0.39 is 0 Å². The Kier molecular flexibility index (Phi) is 20.5. The van der Waals surface area contributed by atoms with E-state index in [1.165, 1.54) is 126 Å². The van der Waals surface area contributed by atoms with Crippen LogP contribution in [0.3, 0.4) is 0 Å². The Bertz CT molecular complexity index is 1230. The molecule has 48 heavy (non-hydrogen) atoms. The van der Waals surface area contributed by atoms with Crippen LogP contribution in [0.15, 0.2) is 72.8 Å². The lowest BCUT2D eigenvalue weighted by Gasteiger charge is -2.15. The fraction of sp³-hybridized carbons (Fsp3) is 0.578. The van der Waals surface area contributed by atoms with Gasteiger partial charge in [0.25, 0.3) is 0 Å². The van der Waals surface area contributed by atoms with Crippen molar-refractivity contribution in [2.75, 3.05) is 6.61 Å². The standard InChI is InChI=1S/C45H66O3/c1-4-6-8-10-12-13-14-15-16-17-19-21-25-37-47-42-35-33-41(34-36-42)44-27-24-23-26-43(44)40-31-29-39(30-32-40)38(3)48-45(46)28-22-20-18-11-9-7-5-2/h23-24,26-27,29-36,38H,4-22,25,28,37H2,1-3H3. The normalized spacial score (nSPS) is 11.8. The molecule has 0 radical (unpaired) electrons. The predicted molar refractivity (Wildman–Crippen MR) is 206 cm³/mol. The smallest absolute Gasteiger partial charge is 0.306 e. The Morgan fingerprint density at radius 1 is 0.521 bits per heavy atom. The summed E-state index contributed by atoms with van der Waals surface area (Å²) in [4.78, 5) is 12.4. The van der Waals surface area contributed by atoms with Crippen LogP contribution in [-0.4, -0.2) is 12.6 Å². The second kappa shape index (κ2) is 25.0. The fourth-order valence-corrected chi connectivity index (χ4v) is 6.51. The van der Waals surface area contributed by atoms with Crippen molar-refractivity contribution < 1.29 is 14.3 Å². The minimum Gasteiger partial charge on any atom is -0.494 e. The van der Waals surface area contributed by atoms with E-state index in [0.717, 1.165) is 42.7 Å². The van der Waals surface area contributed by atoms with Crippen LogP contribution in [-0.2, 0) is 9.53 Å². The van der Waals surface area contributed by atoms with Crippen LogP contribution in [0.4, 0.5) is 0 Å². The Labute approximate surface area is 294 Å². The van der Waals surface area contributed by atoms with Crippen molar-refractivity contribution >= 4 is 5.97 Å². The second-order valence-electron chi connectivity index (χ2n) is 13.8. The molecule has 0 aliphatic carbocycles. The molecule has 3 nitrogen and oxygen atoms in total. The van der Waals surface area contributed by atoms with Gasteiger partial charge in [-0.2, -0.15) is 0 Å². The third-order valence-electron chi connectivity index (χ3n) is 9.59. The van der Waals surface area contributed by atoms with E-state index in [0.29, 0.717) is 6.42 Å². The summed E-state index contributed by atoms with van der Waals surface area (Å²) in [6.07, 6.45) is 26.4. The highest BCUT2D eigenvalue weighted by Crippen LogP contribution is 2.34. The molecule has 0 heterocycles. The van der Waals surface area contributed by atoms with Gasteiger partial charge in [-0.05, 0) is 59.7 Å². The molecule has 0 saturated carbocycles. The zero-order valence-corrected chi connectivity index (χ0v) is 30.8. The van der Waals surface area contributed by atoms with Gasteiger partial charge in [0, 0.05) is 6.42 Å². The molecule has 264 valence electrons. The lowest BCUT2D eigenvalue weighted by molar-refractivity contribution is -0.148. The number of esters is 1. The minimum atomic E-state index is -0.251. The van der Waals surface area contributed by atoms with Crippen molar-refractivity contribution in [1.29, 1.82) is 0 Å². The first-order valence-electron chi connectivity index (χ1n) is 19.7. The molecule has 3 heteroatoms. The molecule has 0 N–H and O–H groups in total. The van der Waals surface area contributed by atoms with Crippen LogP contribution in [0.5, 0.6) is 5.75 Å². The summed E-state index contributed by atoms with van der Waals surface area (Å²) in [6, 6.07) is 25.5. The molecule has 0 aromatic heterocycles. The van der Waals surface area contributed by atoms with Gasteiger partial charge in [-0.25, -0.2) is 0 Å². The molecule has 0 amide bonds. The van der Waals surface area contributed by atoms with Gasteiger partial charge >= 0.3 is 5.97 Å². The molecule has 0 spiro atoms. The molecule has 3 aromatic carbocycles. The molecular weight excluding hydrogens is 588 g/mol. The first-order valence-corrected chi connectivity index (χ1v) is 19.7. The average Bonchev–Trinajstić information content (AvgIpc) is 3.11. The maximum atomic E-state index is 12.4. The van der Waals surface area contributed by atoms with Crippen molar-refractivity contribution in [3.63, 3.8) is 0 Å². The topological polar surface area (TPSA) is 35.5 Å². The van der Waals surface area contributed by atoms with Gasteiger partial charge < -0.3 is 9.47 Å². The van der Waals surface area contributed by atoms with Crippen LogP contribution in [0, 0.1) is 0 Å². The second-order valence-corrected chi connectivity index (χ2v) is 13.8. The van der Waals surface area contributed by atoms with E-state index in [-0.39, 0.29) is 12.1 Å². The summed E-state index contributed by atoms with van der Waals surface area (Å²) in [5, 5.41) is 0. The fourth-order valence-electron chi connectivity index (χ4n) is 6.51. The van der Waals surface area contributed by atoms with E-state index in [9.17, 15) is 4.79 Å². The Morgan fingerprint density at radius 2 is 0.938 bits per heavy atom. The maximum absolute atomic E-state index is 12.4. The highest BCUT2D eigenvalue weighted by Gasteiger charge is 2.13. The molecule has 1 unspecified atom stereocenters. The zero-order valence-electron chi connectivity index (χ0n) is 30.8. The van der Waals surface area contributed by atoms with Gasteiger partial charge in [-0.1, -0.05) is 190 Å². The molecule has 0 bridgehead atoms. The number of benzene rings is 3. The highest BCUT2D eigenvalue weighted by atomic mass is 16.5. The summed E-state index contributed by atoms with van der Waals surface area (Å²) in [5.41, 5.74) is 5.74. The van der Waals surface area contributed by atoms with Crippen LogP contribution in [0.1, 0.15) is 167 Å². The molecular formula is C45H66O3. The molecule has 0 aliphatic heterocycles. The van der Waals surface area contributed by atoms with Crippen LogP contribution in [0.2, 0.25) is 0 Å². The lowest BCUT2D eigenvalue weighted by atomic mass is 9.93. The summed E-state index contributed by atoms with van der Waals surface area (Å²) in [6.45, 7) is 7.27. The molecule has 3 rings (SSSR count). The van der Waals surface area contributed by atoms with Crippen molar-refractivity contribution in [2.45, 2.75) is 162 Å². The number of carbonyl (C=O) groups is 1. The minimum absolute atomic E-state index is 0.0951. The van der Waals surface area contributed by atoms with Gasteiger partial charge in [-0.3, -0.25) is 4.79 Å². The van der Waals surface area contributed by atoms with Crippen molar-refractivity contribution in [1.82, 2.24) is 0 Å². The Balaban J connectivity index is 1.37. The van der Waals surface area contributed by atoms with Crippen molar-refractivity contribution in [2.24, 2.45) is 0 Å². The molecule has 1 atom stereocenters. The molecule has 0 saturated heterocycles. The van der Waals surface area contributed by atoms with E-state index >= 15 is 0 Å². The van der Waals surface area contributed by atoms with Gasteiger partial charge in [-0.15, -0.1) is 0 Å². The largest absolute Gasteiger partial charge is 0.494 e. The first kappa shape index (κ1) is 39.4. The van der Waals surface area contributed by atoms with Gasteiger partial charge in [0.2, 0.25) is 0 Å². The average molecular weight is 655 g/mol. The SMILES string of the molecule is CCCCCCCCCCCCCCCOc1ccc(-c2ccccc2-c2ccc(C(C)OC(=O)CCCCCCCCC)cc2)cc1. The zero-order chi connectivity index (χ0) is 34.1. The van der Waals surface area contributed by atoms with Gasteiger partial charge in [0.15, 0.2) is 0 Å². The first-order chi connectivity index (χ1) is 23.6. The number of rotatable bonds is 27. The third kappa shape index (κ3) is 15.9. The Hall–Kier alpha value is -3.07. The monoisotopic (exact) mass is 655 g/mol. The van der Waals surface area contributed by atoms with Crippen LogP contribution < -0.4 is 4.74 Å². The summed E-state index contributed by atoms with van der Waals surface area (Å²) in [7, 11) is 0. The quantitative estimate of drug-likeness (QED) is 0.0606. The summed E-state index contributed by atoms with van der Waals surface area (Å²) >= 11 is 0. The van der Waals surface area contributed by atoms with Crippen LogP contribution in [0.25, 0.3) is 22.3 Å². The number of ether oxygens (including phenoxy) is 2. The van der Waals surface area contributed by atoms with E-state index in [4.69, 9.17) is 9.47 Å². The van der Waals surface area contributed by atoms with Crippen molar-refractivity contribution in [3.05, 3.63) is 78.4 Å². The number of carbonyl (C=O) groups excluding carboxylic acids is 1. The molecule has 3 aromatic rings. The van der Waals surface area contributed by atoms with Gasteiger partial charge in [0.1, 0.15) is 11.9 Å². The maximum Gasteiger partial charge on any atom is 0.306 e. The van der Waals surface area contributed by atoms with E-state index in [2.05, 4.69) is 86.6 Å². The predicted octanol–water partition coefficient (Wildman–Crippen LogP) is 14.2. The Morgan fingerprint density at radius 3 is 1.42 bits per heavy atom. The number of hydrogen-bond donors (Lipinski definition) is 0. The highest BCUT2D eigenvalue weighted by molar-refractivity contribution is 5.83. The molecule has 0 aliphatic rings. The van der Waals surface area contributed by atoms with Crippen molar-refractivity contribution in [3.8, 4) is 28.0 Å².